The molecule has 0 saturated carbocycles. The van der Waals surface area contributed by atoms with Crippen molar-refractivity contribution in [1.29, 1.82) is 0 Å². The summed E-state index contributed by atoms with van der Waals surface area (Å²) in [5.41, 5.74) is 5.09. The number of nitrogens with zero attached hydrogens (tertiary/aromatic N) is 2. The molecule has 2 aliphatic rings. The van der Waals surface area contributed by atoms with E-state index in [0.717, 1.165) is 33.0 Å². The van der Waals surface area contributed by atoms with Crippen molar-refractivity contribution in [3.8, 4) is 0 Å². The molecule has 0 N–H and O–H groups in total. The van der Waals surface area contributed by atoms with Crippen molar-refractivity contribution < 1.29 is 4.74 Å². The average molecular weight is 292 g/mol. The summed E-state index contributed by atoms with van der Waals surface area (Å²) in [5.74, 6) is 0. The smallest absolute Gasteiger partial charge is 0.0758 e. The minimum Gasteiger partial charge on any atom is -0.379 e. The van der Waals surface area contributed by atoms with Crippen molar-refractivity contribution in [1.82, 2.24) is 4.90 Å². The van der Waals surface area contributed by atoms with Gasteiger partial charge in [0.2, 0.25) is 0 Å². The molecule has 22 heavy (non-hydrogen) atoms. The van der Waals surface area contributed by atoms with Crippen LogP contribution in [-0.4, -0.2) is 37.9 Å². The van der Waals surface area contributed by atoms with E-state index in [1.54, 1.807) is 0 Å². The molecule has 2 heterocycles. The van der Waals surface area contributed by atoms with Gasteiger partial charge in [0, 0.05) is 24.5 Å². The topological polar surface area (TPSA) is 15.7 Å². The number of ether oxygens (including phenoxy) is 1. The van der Waals surface area contributed by atoms with Crippen LogP contribution < -0.4 is 4.90 Å². The third-order valence-electron chi connectivity index (χ3n) is 4.34. The predicted octanol–water partition coefficient (Wildman–Crippen LogP) is 3.60. The number of anilines is 2. The highest BCUT2D eigenvalue weighted by Crippen LogP contribution is 2.36. The zero-order valence-corrected chi connectivity index (χ0v) is 12.6. The quantitative estimate of drug-likeness (QED) is 0.841. The van der Waals surface area contributed by atoms with Crippen molar-refractivity contribution in [2.45, 2.75) is 0 Å². The number of hydrogen-bond acceptors (Lipinski definition) is 3. The summed E-state index contributed by atoms with van der Waals surface area (Å²) in [4.78, 5) is 4.89. The van der Waals surface area contributed by atoms with Crippen LogP contribution in [0.15, 0.2) is 48.5 Å². The molecule has 1 fully saturated rings. The number of hydrogen-bond donors (Lipinski definition) is 0. The second kappa shape index (κ2) is 5.95. The van der Waals surface area contributed by atoms with Gasteiger partial charge in [0.25, 0.3) is 0 Å². The van der Waals surface area contributed by atoms with Crippen molar-refractivity contribution in [2.24, 2.45) is 0 Å². The van der Waals surface area contributed by atoms with E-state index >= 15 is 0 Å². The number of benzene rings is 2. The maximum atomic E-state index is 5.48. The zero-order valence-electron chi connectivity index (χ0n) is 12.6. The van der Waals surface area contributed by atoms with Gasteiger partial charge < -0.3 is 9.64 Å². The van der Waals surface area contributed by atoms with E-state index in [9.17, 15) is 0 Å². The van der Waals surface area contributed by atoms with E-state index < -0.39 is 0 Å². The van der Waals surface area contributed by atoms with Crippen LogP contribution >= 0.6 is 0 Å². The fourth-order valence-corrected chi connectivity index (χ4v) is 3.15. The lowest BCUT2D eigenvalue weighted by Gasteiger charge is -2.35. The van der Waals surface area contributed by atoms with Gasteiger partial charge in [-0.2, -0.15) is 0 Å². The van der Waals surface area contributed by atoms with Gasteiger partial charge >= 0.3 is 0 Å². The molecule has 0 aromatic heterocycles. The van der Waals surface area contributed by atoms with Crippen LogP contribution in [0.4, 0.5) is 11.4 Å². The minimum absolute atomic E-state index is 0.829. The largest absolute Gasteiger partial charge is 0.379 e. The van der Waals surface area contributed by atoms with E-state index in [1.807, 2.05) is 0 Å². The third kappa shape index (κ3) is 2.54. The predicted molar refractivity (Wildman–Crippen MR) is 91.2 cm³/mol. The fraction of sp³-hybridized carbons (Fsp3) is 0.263. The molecule has 0 atom stereocenters. The zero-order chi connectivity index (χ0) is 14.8. The number of morpholine rings is 1. The van der Waals surface area contributed by atoms with Crippen LogP contribution in [0, 0.1) is 0 Å². The Kier molecular flexibility index (Phi) is 3.67. The van der Waals surface area contributed by atoms with E-state index in [-0.39, 0.29) is 0 Å². The lowest BCUT2D eigenvalue weighted by molar-refractivity contribution is 0.0391. The Morgan fingerprint density at radius 3 is 1.91 bits per heavy atom. The summed E-state index contributed by atoms with van der Waals surface area (Å²) in [6.07, 6.45) is 4.43. The molecule has 3 nitrogen and oxygen atoms in total. The molecular weight excluding hydrogens is 272 g/mol. The molecule has 0 spiro atoms. The van der Waals surface area contributed by atoms with Crippen LogP contribution in [0.5, 0.6) is 0 Å². The van der Waals surface area contributed by atoms with Crippen LogP contribution in [0.2, 0.25) is 0 Å². The molecule has 112 valence electrons. The molecule has 1 saturated heterocycles. The second-order valence-corrected chi connectivity index (χ2v) is 5.75. The van der Waals surface area contributed by atoms with E-state index in [4.69, 9.17) is 4.74 Å². The first-order chi connectivity index (χ1) is 10.9. The maximum Gasteiger partial charge on any atom is 0.0758 e. The number of rotatable bonds is 2. The Bertz CT molecular complexity index is 640. The molecule has 0 bridgehead atoms. The lowest BCUT2D eigenvalue weighted by atomic mass is 10.1. The summed E-state index contributed by atoms with van der Waals surface area (Å²) in [7, 11) is 0. The highest BCUT2D eigenvalue weighted by Gasteiger charge is 2.21. The van der Waals surface area contributed by atoms with Gasteiger partial charge in [-0.3, -0.25) is 4.90 Å². The number of para-hydroxylation sites is 2. The Hall–Kier alpha value is -2.10. The van der Waals surface area contributed by atoms with Gasteiger partial charge in [-0.05, 0) is 23.3 Å². The molecule has 4 rings (SSSR count). The van der Waals surface area contributed by atoms with Gasteiger partial charge in [0.05, 0.1) is 19.9 Å². The van der Waals surface area contributed by atoms with E-state index in [2.05, 4.69) is 70.5 Å². The molecule has 0 aliphatic carbocycles. The molecule has 0 unspecified atom stereocenters. The molecule has 2 aliphatic heterocycles. The first kappa shape index (κ1) is 13.6. The van der Waals surface area contributed by atoms with E-state index in [0.29, 0.717) is 0 Å². The average Bonchev–Trinajstić information content (AvgIpc) is 2.74. The lowest BCUT2D eigenvalue weighted by Crippen LogP contribution is -2.42. The Morgan fingerprint density at radius 2 is 1.32 bits per heavy atom. The summed E-state index contributed by atoms with van der Waals surface area (Å²) in [6, 6.07) is 17.2. The molecule has 2 aromatic rings. The molecular formula is C19H20N2O. The van der Waals surface area contributed by atoms with Crippen LogP contribution in [0.1, 0.15) is 11.1 Å². The van der Waals surface area contributed by atoms with Gasteiger partial charge in [-0.1, -0.05) is 48.6 Å². The Morgan fingerprint density at radius 1 is 0.773 bits per heavy atom. The van der Waals surface area contributed by atoms with Crippen LogP contribution in [0.3, 0.4) is 0 Å². The molecule has 0 radical (unpaired) electrons. The summed E-state index contributed by atoms with van der Waals surface area (Å²) < 4.78 is 5.48. The van der Waals surface area contributed by atoms with E-state index in [1.165, 1.54) is 22.5 Å². The minimum atomic E-state index is 0.829. The Labute approximate surface area is 131 Å². The van der Waals surface area contributed by atoms with Crippen LogP contribution in [0.25, 0.3) is 12.2 Å². The first-order valence-corrected chi connectivity index (χ1v) is 7.85. The molecule has 0 amide bonds. The Balaban J connectivity index is 1.76. The monoisotopic (exact) mass is 292 g/mol. The van der Waals surface area contributed by atoms with Crippen molar-refractivity contribution in [3.05, 3.63) is 59.7 Å². The normalized spacial score (nSPS) is 17.7. The first-order valence-electron chi connectivity index (χ1n) is 7.85. The highest BCUT2D eigenvalue weighted by molar-refractivity contribution is 5.88. The number of fused-ring (bicyclic) bond motifs is 2. The van der Waals surface area contributed by atoms with Crippen molar-refractivity contribution in [2.75, 3.05) is 37.9 Å². The highest BCUT2D eigenvalue weighted by atomic mass is 16.5. The standard InChI is InChI=1S/C19H20N2O/c1-3-7-18-16(5-1)9-10-17-6-2-4-8-19(17)21(18)15-20-11-13-22-14-12-20/h1-10H,11-15H2. The molecule has 2 aromatic carbocycles. The van der Waals surface area contributed by atoms with Gasteiger partial charge in [-0.25, -0.2) is 0 Å². The fourth-order valence-electron chi connectivity index (χ4n) is 3.15. The van der Waals surface area contributed by atoms with Gasteiger partial charge in [-0.15, -0.1) is 0 Å². The summed E-state index contributed by atoms with van der Waals surface area (Å²) >= 11 is 0. The van der Waals surface area contributed by atoms with Crippen molar-refractivity contribution in [3.63, 3.8) is 0 Å². The third-order valence-corrected chi connectivity index (χ3v) is 4.34. The SMILES string of the molecule is C1=Cc2ccccc2N(CN2CCOCC2)c2ccccc21. The molecule has 3 heteroatoms. The van der Waals surface area contributed by atoms with Gasteiger partial charge in [0.1, 0.15) is 0 Å². The second-order valence-electron chi connectivity index (χ2n) is 5.75. The van der Waals surface area contributed by atoms with Crippen LogP contribution in [-0.2, 0) is 4.74 Å². The summed E-state index contributed by atoms with van der Waals surface area (Å²) in [5, 5.41) is 0. The van der Waals surface area contributed by atoms with Crippen molar-refractivity contribution >= 4 is 23.5 Å². The summed E-state index contributed by atoms with van der Waals surface area (Å²) in [6.45, 7) is 4.55. The maximum absolute atomic E-state index is 5.48. The van der Waals surface area contributed by atoms with Gasteiger partial charge in [0.15, 0.2) is 0 Å².